The quantitative estimate of drug-likeness (QED) is 0.448. The molecule has 0 saturated carbocycles. The van der Waals surface area contributed by atoms with Crippen LogP contribution in [0.15, 0.2) is 66.7 Å². The van der Waals surface area contributed by atoms with Crippen molar-refractivity contribution < 1.29 is 9.53 Å². The Morgan fingerprint density at radius 2 is 1.71 bits per heavy atom. The van der Waals surface area contributed by atoms with Gasteiger partial charge in [-0.25, -0.2) is 0 Å². The second kappa shape index (κ2) is 10.3. The van der Waals surface area contributed by atoms with Gasteiger partial charge in [0, 0.05) is 55.5 Å². The summed E-state index contributed by atoms with van der Waals surface area (Å²) in [6, 6.07) is 22.2. The number of halogens is 1. The first-order valence-corrected chi connectivity index (χ1v) is 12.8. The average Bonchev–Trinajstić information content (AvgIpc) is 3.27. The standard InChI is InChI=1S/C29H32ClN3O2/c1-21(2)35-28-9-4-3-8-27(28)32-16-14-31(15-17-32)20-22-6-5-7-24(18-22)29(34)33-13-12-23-19-25(30)10-11-26(23)33/h3-11,18-19,21H,12-17,20H2,1-2H3. The molecule has 182 valence electrons. The minimum atomic E-state index is 0.0551. The number of anilines is 2. The SMILES string of the molecule is CC(C)Oc1ccccc1N1CCN(Cc2cccc(C(=O)N3CCc4cc(Cl)ccc43)c2)CC1. The van der Waals surface area contributed by atoms with E-state index < -0.39 is 0 Å². The molecule has 1 saturated heterocycles. The van der Waals surface area contributed by atoms with Crippen molar-refractivity contribution in [3.63, 3.8) is 0 Å². The second-order valence-corrected chi connectivity index (χ2v) is 10.0. The number of carbonyl (C=O) groups excluding carboxylic acids is 1. The maximum absolute atomic E-state index is 13.3. The zero-order valence-corrected chi connectivity index (χ0v) is 21.2. The summed E-state index contributed by atoms with van der Waals surface area (Å²) < 4.78 is 6.03. The number of rotatable bonds is 6. The fourth-order valence-corrected chi connectivity index (χ4v) is 5.21. The highest BCUT2D eigenvalue weighted by molar-refractivity contribution is 6.30. The van der Waals surface area contributed by atoms with Crippen molar-refractivity contribution in [2.75, 3.05) is 42.5 Å². The lowest BCUT2D eigenvalue weighted by atomic mass is 10.1. The van der Waals surface area contributed by atoms with Gasteiger partial charge < -0.3 is 14.5 Å². The molecule has 35 heavy (non-hydrogen) atoms. The Hall–Kier alpha value is -3.02. The Morgan fingerprint density at radius 3 is 2.51 bits per heavy atom. The van der Waals surface area contributed by atoms with E-state index in [0.717, 1.165) is 66.7 Å². The summed E-state index contributed by atoms with van der Waals surface area (Å²) in [6.45, 7) is 9.49. The molecule has 6 heteroatoms. The molecule has 2 heterocycles. The Labute approximate surface area is 212 Å². The monoisotopic (exact) mass is 489 g/mol. The fraction of sp³-hybridized carbons (Fsp3) is 0.345. The van der Waals surface area contributed by atoms with Crippen LogP contribution in [0, 0.1) is 0 Å². The molecular weight excluding hydrogens is 458 g/mol. The minimum absolute atomic E-state index is 0.0551. The van der Waals surface area contributed by atoms with Crippen molar-refractivity contribution in [1.82, 2.24) is 4.90 Å². The van der Waals surface area contributed by atoms with Gasteiger partial charge in [0.1, 0.15) is 5.75 Å². The van der Waals surface area contributed by atoms with Gasteiger partial charge in [-0.15, -0.1) is 0 Å². The van der Waals surface area contributed by atoms with Crippen LogP contribution in [-0.4, -0.2) is 49.6 Å². The molecule has 2 aliphatic rings. The van der Waals surface area contributed by atoms with Gasteiger partial charge in [-0.2, -0.15) is 0 Å². The molecule has 3 aromatic carbocycles. The number of fused-ring (bicyclic) bond motifs is 1. The molecule has 0 spiro atoms. The van der Waals surface area contributed by atoms with Crippen molar-refractivity contribution in [2.45, 2.75) is 32.9 Å². The number of hydrogen-bond acceptors (Lipinski definition) is 4. The number of ether oxygens (including phenoxy) is 1. The van der Waals surface area contributed by atoms with Gasteiger partial charge in [-0.1, -0.05) is 35.9 Å². The molecule has 0 unspecified atom stereocenters. The predicted molar refractivity (Wildman–Crippen MR) is 143 cm³/mol. The smallest absolute Gasteiger partial charge is 0.258 e. The summed E-state index contributed by atoms with van der Waals surface area (Å²) in [6.07, 6.45) is 0.996. The van der Waals surface area contributed by atoms with Gasteiger partial charge in [0.25, 0.3) is 5.91 Å². The highest BCUT2D eigenvalue weighted by Gasteiger charge is 2.26. The van der Waals surface area contributed by atoms with E-state index in [2.05, 4.69) is 47.9 Å². The molecular formula is C29H32ClN3O2. The van der Waals surface area contributed by atoms with E-state index >= 15 is 0 Å². The molecule has 0 radical (unpaired) electrons. The van der Waals surface area contributed by atoms with Gasteiger partial charge in [0.2, 0.25) is 0 Å². The molecule has 1 fully saturated rings. The van der Waals surface area contributed by atoms with Gasteiger partial charge >= 0.3 is 0 Å². The Kier molecular flexibility index (Phi) is 6.98. The number of nitrogens with zero attached hydrogens (tertiary/aromatic N) is 3. The third-order valence-corrected chi connectivity index (χ3v) is 6.94. The molecule has 0 aromatic heterocycles. The summed E-state index contributed by atoms with van der Waals surface area (Å²) in [5.74, 6) is 1.01. The lowest BCUT2D eigenvalue weighted by molar-refractivity contribution is 0.0989. The Bertz CT molecular complexity index is 1200. The van der Waals surface area contributed by atoms with Crippen LogP contribution in [0.1, 0.15) is 35.3 Å². The number of amides is 1. The summed E-state index contributed by atoms with van der Waals surface area (Å²) in [5.41, 5.74) is 5.19. The van der Waals surface area contributed by atoms with Gasteiger partial charge in [-0.3, -0.25) is 9.69 Å². The average molecular weight is 490 g/mol. The molecule has 0 aliphatic carbocycles. The van der Waals surface area contributed by atoms with Crippen molar-refractivity contribution in [1.29, 1.82) is 0 Å². The van der Waals surface area contributed by atoms with E-state index in [0.29, 0.717) is 6.54 Å². The number of hydrogen-bond donors (Lipinski definition) is 0. The predicted octanol–water partition coefficient (Wildman–Crippen LogP) is 5.65. The molecule has 0 bridgehead atoms. The zero-order valence-electron chi connectivity index (χ0n) is 20.4. The van der Waals surface area contributed by atoms with E-state index in [-0.39, 0.29) is 12.0 Å². The minimum Gasteiger partial charge on any atom is -0.489 e. The molecule has 1 amide bonds. The molecule has 2 aliphatic heterocycles. The van der Waals surface area contributed by atoms with E-state index in [1.807, 2.05) is 47.4 Å². The lowest BCUT2D eigenvalue weighted by Crippen LogP contribution is -2.46. The largest absolute Gasteiger partial charge is 0.489 e. The third-order valence-electron chi connectivity index (χ3n) is 6.70. The first-order chi connectivity index (χ1) is 17.0. The van der Waals surface area contributed by atoms with Crippen molar-refractivity contribution in [2.24, 2.45) is 0 Å². The van der Waals surface area contributed by atoms with Crippen LogP contribution in [-0.2, 0) is 13.0 Å². The topological polar surface area (TPSA) is 36.0 Å². The number of benzene rings is 3. The van der Waals surface area contributed by atoms with Crippen LogP contribution in [0.25, 0.3) is 0 Å². The number of carbonyl (C=O) groups is 1. The Balaban J connectivity index is 1.22. The lowest BCUT2D eigenvalue weighted by Gasteiger charge is -2.37. The van der Waals surface area contributed by atoms with Crippen LogP contribution in [0.4, 0.5) is 11.4 Å². The molecule has 0 N–H and O–H groups in total. The summed E-state index contributed by atoms with van der Waals surface area (Å²) in [5, 5.41) is 0.719. The van der Waals surface area contributed by atoms with Crippen LogP contribution in [0.5, 0.6) is 5.75 Å². The molecule has 5 rings (SSSR count). The summed E-state index contributed by atoms with van der Waals surface area (Å²) in [7, 11) is 0. The third kappa shape index (κ3) is 5.31. The zero-order chi connectivity index (χ0) is 24.4. The van der Waals surface area contributed by atoms with Crippen molar-refractivity contribution in [3.8, 4) is 5.75 Å². The maximum atomic E-state index is 13.3. The molecule has 0 atom stereocenters. The normalized spacial score (nSPS) is 16.0. The molecule has 5 nitrogen and oxygen atoms in total. The second-order valence-electron chi connectivity index (χ2n) is 9.58. The van der Waals surface area contributed by atoms with Crippen LogP contribution in [0.3, 0.4) is 0 Å². The maximum Gasteiger partial charge on any atom is 0.258 e. The van der Waals surface area contributed by atoms with Gasteiger partial charge in [-0.05, 0) is 73.9 Å². The molecule has 3 aromatic rings. The summed E-state index contributed by atoms with van der Waals surface area (Å²) in [4.78, 5) is 20.0. The first-order valence-electron chi connectivity index (χ1n) is 12.4. The van der Waals surface area contributed by atoms with Crippen molar-refractivity contribution >= 4 is 28.9 Å². The van der Waals surface area contributed by atoms with Crippen LogP contribution < -0.4 is 14.5 Å². The van der Waals surface area contributed by atoms with Crippen molar-refractivity contribution in [3.05, 3.63) is 88.4 Å². The number of piperazine rings is 1. The fourth-order valence-electron chi connectivity index (χ4n) is 5.02. The van der Waals surface area contributed by atoms with Gasteiger partial charge in [0.15, 0.2) is 0 Å². The van der Waals surface area contributed by atoms with E-state index in [1.165, 1.54) is 11.3 Å². The number of para-hydroxylation sites is 2. The highest BCUT2D eigenvalue weighted by atomic mass is 35.5. The first kappa shape index (κ1) is 23.7. The van der Waals surface area contributed by atoms with E-state index in [1.54, 1.807) is 0 Å². The van der Waals surface area contributed by atoms with Crippen LogP contribution in [0.2, 0.25) is 5.02 Å². The summed E-state index contributed by atoms with van der Waals surface area (Å²) >= 11 is 6.14. The van der Waals surface area contributed by atoms with Gasteiger partial charge in [0.05, 0.1) is 11.8 Å². The Morgan fingerprint density at radius 1 is 0.914 bits per heavy atom. The highest BCUT2D eigenvalue weighted by Crippen LogP contribution is 2.32. The van der Waals surface area contributed by atoms with E-state index in [9.17, 15) is 4.79 Å². The van der Waals surface area contributed by atoms with Crippen LogP contribution >= 0.6 is 11.6 Å². The van der Waals surface area contributed by atoms with E-state index in [4.69, 9.17) is 16.3 Å².